The molecule has 0 radical (unpaired) electrons. The summed E-state index contributed by atoms with van der Waals surface area (Å²) < 4.78 is 32.3. The van der Waals surface area contributed by atoms with Gasteiger partial charge in [0.25, 0.3) is 5.91 Å². The van der Waals surface area contributed by atoms with Gasteiger partial charge in [0.2, 0.25) is 15.9 Å². The standard InChI is InChI=1S/C30H34N4O6S/c35-25-20-33(23-10-3-4-11-24(23)34-16-8-18-41(34,38)39)17-13-22(25)31-29(37)30(14-6-1-7-15-30)32-28(36)27-19-21-9-2-5-12-26(21)40-27/h2-5,9-12,19,22H,1,6-8,13-18,20H2,(H,31,37)(H,32,36). The number of carbonyl (C=O) groups is 3. The molecule has 2 aromatic carbocycles. The van der Waals surface area contributed by atoms with E-state index < -0.39 is 27.5 Å². The minimum atomic E-state index is -3.38. The number of ketones is 1. The number of nitrogens with one attached hydrogen (secondary N) is 2. The number of anilines is 2. The summed E-state index contributed by atoms with van der Waals surface area (Å²) in [6.07, 6.45) is 4.45. The molecule has 216 valence electrons. The molecular formula is C30H34N4O6S. The number of amides is 2. The number of hydrogen-bond donors (Lipinski definition) is 2. The molecule has 3 aliphatic rings. The highest BCUT2D eigenvalue weighted by atomic mass is 32.2. The van der Waals surface area contributed by atoms with Crippen LogP contribution in [0.25, 0.3) is 11.0 Å². The second-order valence-corrected chi connectivity index (χ2v) is 13.2. The number of furan rings is 1. The van der Waals surface area contributed by atoms with E-state index in [2.05, 4.69) is 10.6 Å². The maximum atomic E-state index is 13.7. The Morgan fingerprint density at radius 2 is 1.66 bits per heavy atom. The Hall–Kier alpha value is -3.86. The summed E-state index contributed by atoms with van der Waals surface area (Å²) in [5, 5.41) is 6.72. The average molecular weight is 579 g/mol. The van der Waals surface area contributed by atoms with Crippen molar-refractivity contribution in [3.63, 3.8) is 0 Å². The van der Waals surface area contributed by atoms with Crippen LogP contribution in [0.15, 0.2) is 59.0 Å². The number of hydrogen-bond acceptors (Lipinski definition) is 7. The number of benzene rings is 2. The van der Waals surface area contributed by atoms with Crippen LogP contribution in [0.4, 0.5) is 11.4 Å². The molecule has 11 heteroatoms. The fourth-order valence-electron chi connectivity index (χ4n) is 6.27. The zero-order valence-electron chi connectivity index (χ0n) is 22.8. The highest BCUT2D eigenvalue weighted by Crippen LogP contribution is 2.35. The molecule has 2 saturated heterocycles. The van der Waals surface area contributed by atoms with Crippen molar-refractivity contribution >= 4 is 50.0 Å². The number of fused-ring (bicyclic) bond motifs is 1. The van der Waals surface area contributed by atoms with Gasteiger partial charge < -0.3 is 20.0 Å². The van der Waals surface area contributed by atoms with Crippen LogP contribution in [0.3, 0.4) is 0 Å². The minimum Gasteiger partial charge on any atom is -0.451 e. The highest BCUT2D eigenvalue weighted by Gasteiger charge is 2.43. The number of para-hydroxylation sites is 3. The number of piperidine rings is 1. The highest BCUT2D eigenvalue weighted by molar-refractivity contribution is 7.93. The van der Waals surface area contributed by atoms with Crippen LogP contribution in [0, 0.1) is 0 Å². The van der Waals surface area contributed by atoms with Crippen molar-refractivity contribution in [1.82, 2.24) is 10.6 Å². The molecule has 3 fully saturated rings. The van der Waals surface area contributed by atoms with Crippen LogP contribution in [-0.2, 0) is 19.6 Å². The number of Topliss-reactive ketones (excluding diaryl/α,β-unsaturated/α-hetero) is 1. The molecule has 1 saturated carbocycles. The number of carbonyl (C=O) groups excluding carboxylic acids is 3. The maximum absolute atomic E-state index is 13.7. The van der Waals surface area contributed by atoms with Crippen molar-refractivity contribution in [3.05, 3.63) is 60.4 Å². The molecule has 1 aromatic heterocycles. The summed E-state index contributed by atoms with van der Waals surface area (Å²) in [6.45, 7) is 0.940. The van der Waals surface area contributed by atoms with Crippen molar-refractivity contribution in [3.8, 4) is 0 Å². The Kier molecular flexibility index (Phi) is 7.23. The molecule has 0 spiro atoms. The summed E-state index contributed by atoms with van der Waals surface area (Å²) in [7, 11) is -3.38. The molecule has 0 bridgehead atoms. The Morgan fingerprint density at radius 1 is 0.927 bits per heavy atom. The van der Waals surface area contributed by atoms with Gasteiger partial charge in [0.05, 0.1) is 29.7 Å². The molecule has 6 rings (SSSR count). The summed E-state index contributed by atoms with van der Waals surface area (Å²) in [4.78, 5) is 42.2. The summed E-state index contributed by atoms with van der Waals surface area (Å²) >= 11 is 0. The molecule has 1 aliphatic carbocycles. The zero-order valence-corrected chi connectivity index (χ0v) is 23.6. The number of rotatable bonds is 6. The second-order valence-electron chi connectivity index (χ2n) is 11.2. The van der Waals surface area contributed by atoms with Gasteiger partial charge in [0, 0.05) is 18.5 Å². The molecule has 2 aliphatic heterocycles. The van der Waals surface area contributed by atoms with Gasteiger partial charge in [-0.15, -0.1) is 0 Å². The Morgan fingerprint density at radius 3 is 2.37 bits per heavy atom. The van der Waals surface area contributed by atoms with Crippen molar-refractivity contribution < 1.29 is 27.2 Å². The van der Waals surface area contributed by atoms with Gasteiger partial charge in [-0.1, -0.05) is 49.6 Å². The van der Waals surface area contributed by atoms with Crippen molar-refractivity contribution in [2.75, 3.05) is 34.6 Å². The van der Waals surface area contributed by atoms with E-state index in [-0.39, 0.29) is 29.7 Å². The second kappa shape index (κ2) is 10.8. The predicted molar refractivity (Wildman–Crippen MR) is 155 cm³/mol. The lowest BCUT2D eigenvalue weighted by Gasteiger charge is -2.39. The maximum Gasteiger partial charge on any atom is 0.287 e. The smallest absolute Gasteiger partial charge is 0.287 e. The molecular weight excluding hydrogens is 544 g/mol. The molecule has 3 aromatic rings. The van der Waals surface area contributed by atoms with Gasteiger partial charge in [0.15, 0.2) is 11.5 Å². The zero-order chi connectivity index (χ0) is 28.6. The summed E-state index contributed by atoms with van der Waals surface area (Å²) in [5.41, 5.74) is 0.747. The van der Waals surface area contributed by atoms with Gasteiger partial charge >= 0.3 is 0 Å². The van der Waals surface area contributed by atoms with Crippen molar-refractivity contribution in [2.45, 2.75) is 56.5 Å². The average Bonchev–Trinajstić information content (AvgIpc) is 3.57. The van der Waals surface area contributed by atoms with E-state index in [0.717, 1.165) is 24.6 Å². The molecule has 3 heterocycles. The fraction of sp³-hybridized carbons (Fsp3) is 0.433. The lowest BCUT2D eigenvalue weighted by atomic mass is 9.80. The first-order chi connectivity index (χ1) is 19.8. The van der Waals surface area contributed by atoms with Crippen LogP contribution in [0.2, 0.25) is 0 Å². The van der Waals surface area contributed by atoms with E-state index in [9.17, 15) is 22.8 Å². The topological polar surface area (TPSA) is 129 Å². The van der Waals surface area contributed by atoms with Crippen LogP contribution in [-0.4, -0.2) is 63.0 Å². The third-order valence-corrected chi connectivity index (χ3v) is 10.3. The third kappa shape index (κ3) is 5.30. The first kappa shape index (κ1) is 27.3. The van der Waals surface area contributed by atoms with Crippen LogP contribution >= 0.6 is 0 Å². The van der Waals surface area contributed by atoms with Gasteiger partial charge in [-0.3, -0.25) is 18.7 Å². The quantitative estimate of drug-likeness (QED) is 0.459. The van der Waals surface area contributed by atoms with Crippen molar-refractivity contribution in [1.29, 1.82) is 0 Å². The normalized spacial score (nSPS) is 22.0. The SMILES string of the molecule is O=C(NC1(C(=O)NC2CCN(c3ccccc3N3CCCS3(=O)=O)CC2=O)CCCCC1)c1cc2ccccc2o1. The number of sulfonamides is 1. The molecule has 41 heavy (non-hydrogen) atoms. The monoisotopic (exact) mass is 578 g/mol. The lowest BCUT2D eigenvalue weighted by molar-refractivity contribution is -0.133. The van der Waals surface area contributed by atoms with E-state index in [1.165, 1.54) is 4.31 Å². The first-order valence-electron chi connectivity index (χ1n) is 14.2. The van der Waals surface area contributed by atoms with E-state index in [1.807, 2.05) is 35.2 Å². The molecule has 1 atom stereocenters. The largest absolute Gasteiger partial charge is 0.451 e. The predicted octanol–water partition coefficient (Wildman–Crippen LogP) is 3.37. The lowest BCUT2D eigenvalue weighted by Crippen LogP contribution is -2.63. The van der Waals surface area contributed by atoms with Crippen LogP contribution in [0.5, 0.6) is 0 Å². The van der Waals surface area contributed by atoms with E-state index in [4.69, 9.17) is 4.42 Å². The van der Waals surface area contributed by atoms with Gasteiger partial charge in [-0.05, 0) is 49.9 Å². The van der Waals surface area contributed by atoms with Gasteiger partial charge in [-0.25, -0.2) is 8.42 Å². The molecule has 2 amide bonds. The Bertz CT molecular complexity index is 1560. The van der Waals surface area contributed by atoms with Crippen LogP contribution < -0.4 is 19.8 Å². The van der Waals surface area contributed by atoms with Gasteiger partial charge in [-0.2, -0.15) is 0 Å². The number of nitrogens with zero attached hydrogens (tertiary/aromatic N) is 2. The van der Waals surface area contributed by atoms with Crippen LogP contribution in [0.1, 0.15) is 55.5 Å². The van der Waals surface area contributed by atoms with E-state index >= 15 is 0 Å². The van der Waals surface area contributed by atoms with E-state index in [0.29, 0.717) is 55.7 Å². The Labute approximate surface area is 239 Å². The molecule has 1 unspecified atom stereocenters. The summed E-state index contributed by atoms with van der Waals surface area (Å²) in [6, 6.07) is 15.6. The summed E-state index contributed by atoms with van der Waals surface area (Å²) in [5.74, 6) is -0.696. The molecule has 2 N–H and O–H groups in total. The third-order valence-electron chi connectivity index (χ3n) is 8.46. The molecule has 10 nitrogen and oxygen atoms in total. The first-order valence-corrected chi connectivity index (χ1v) is 15.9. The minimum absolute atomic E-state index is 0.0498. The van der Waals surface area contributed by atoms with Gasteiger partial charge in [0.1, 0.15) is 11.1 Å². The fourth-order valence-corrected chi connectivity index (χ4v) is 7.84. The van der Waals surface area contributed by atoms with Crippen molar-refractivity contribution in [2.24, 2.45) is 0 Å². The van der Waals surface area contributed by atoms with E-state index in [1.54, 1.807) is 24.3 Å². The Balaban J connectivity index is 1.15.